The molecule has 5 nitrogen and oxygen atoms in total. The molecule has 0 aliphatic carbocycles. The standard InChI is InChI=1S/C10H16Cl2N4O/c1-4-7(2)16(5-6-17-3)10-14-8(11)13-9(12)15-10/h7H,4-6H2,1-3H3. The van der Waals surface area contributed by atoms with Crippen LogP contribution in [0, 0.1) is 0 Å². The summed E-state index contributed by atoms with van der Waals surface area (Å²) in [6, 6.07) is 0.277. The average Bonchev–Trinajstić information content (AvgIpc) is 2.28. The second-order valence-corrected chi connectivity index (χ2v) is 4.29. The van der Waals surface area contributed by atoms with Crippen molar-refractivity contribution in [2.45, 2.75) is 26.3 Å². The molecule has 0 bridgehead atoms. The summed E-state index contributed by atoms with van der Waals surface area (Å²) in [5.41, 5.74) is 0. The fraction of sp³-hybridized carbons (Fsp3) is 0.700. The Labute approximate surface area is 111 Å². The Kier molecular flexibility index (Phi) is 5.88. The van der Waals surface area contributed by atoms with E-state index in [0.29, 0.717) is 19.1 Å². The van der Waals surface area contributed by atoms with E-state index in [1.165, 1.54) is 0 Å². The summed E-state index contributed by atoms with van der Waals surface area (Å²) >= 11 is 11.5. The smallest absolute Gasteiger partial charge is 0.231 e. The SMILES string of the molecule is CCC(C)N(CCOC)c1nc(Cl)nc(Cl)n1. The van der Waals surface area contributed by atoms with E-state index in [-0.39, 0.29) is 16.6 Å². The normalized spacial score (nSPS) is 12.5. The molecule has 17 heavy (non-hydrogen) atoms. The first-order valence-corrected chi connectivity index (χ1v) is 6.16. The molecular formula is C10H16Cl2N4O. The molecule has 0 fully saturated rings. The first-order valence-electron chi connectivity index (χ1n) is 5.41. The zero-order valence-corrected chi connectivity index (χ0v) is 11.7. The minimum atomic E-state index is 0.103. The Balaban J connectivity index is 2.94. The number of hydrogen-bond donors (Lipinski definition) is 0. The van der Waals surface area contributed by atoms with Gasteiger partial charge in [0.25, 0.3) is 0 Å². The lowest BCUT2D eigenvalue weighted by molar-refractivity contribution is 0.203. The van der Waals surface area contributed by atoms with Crippen molar-refractivity contribution >= 4 is 29.2 Å². The van der Waals surface area contributed by atoms with Crippen LogP contribution in [0.5, 0.6) is 0 Å². The number of methoxy groups -OCH3 is 1. The molecule has 0 aliphatic heterocycles. The van der Waals surface area contributed by atoms with E-state index in [0.717, 1.165) is 6.42 Å². The molecule has 0 saturated carbocycles. The van der Waals surface area contributed by atoms with Gasteiger partial charge in [-0.05, 0) is 36.5 Å². The highest BCUT2D eigenvalue weighted by Gasteiger charge is 2.17. The molecule has 1 aromatic rings. The zero-order valence-electron chi connectivity index (χ0n) is 10.2. The van der Waals surface area contributed by atoms with Gasteiger partial charge in [-0.2, -0.15) is 15.0 Å². The maximum Gasteiger partial charge on any atom is 0.231 e. The van der Waals surface area contributed by atoms with Gasteiger partial charge in [0.15, 0.2) is 0 Å². The van der Waals surface area contributed by atoms with Crippen molar-refractivity contribution in [3.05, 3.63) is 10.6 Å². The van der Waals surface area contributed by atoms with Crippen LogP contribution in [0.25, 0.3) is 0 Å². The third-order valence-corrected chi connectivity index (χ3v) is 2.82. The van der Waals surface area contributed by atoms with Crippen LogP contribution in [0.15, 0.2) is 0 Å². The lowest BCUT2D eigenvalue weighted by Crippen LogP contribution is -2.36. The summed E-state index contributed by atoms with van der Waals surface area (Å²) in [5.74, 6) is 0.487. The molecule has 0 spiro atoms. The van der Waals surface area contributed by atoms with Crippen LogP contribution in [0.1, 0.15) is 20.3 Å². The predicted octanol–water partition coefficient (Wildman–Crippen LogP) is 2.43. The first-order chi connectivity index (χ1) is 8.08. The summed E-state index contributed by atoms with van der Waals surface area (Å²) < 4.78 is 5.07. The van der Waals surface area contributed by atoms with Gasteiger partial charge in [-0.3, -0.25) is 0 Å². The number of hydrogen-bond acceptors (Lipinski definition) is 5. The van der Waals surface area contributed by atoms with Crippen LogP contribution in [0.3, 0.4) is 0 Å². The van der Waals surface area contributed by atoms with Crippen LogP contribution >= 0.6 is 23.2 Å². The molecule has 96 valence electrons. The van der Waals surface area contributed by atoms with E-state index < -0.39 is 0 Å². The minimum absolute atomic E-state index is 0.103. The van der Waals surface area contributed by atoms with Gasteiger partial charge in [-0.1, -0.05) is 6.92 Å². The van der Waals surface area contributed by atoms with Crippen LogP contribution in [0.2, 0.25) is 10.6 Å². The van der Waals surface area contributed by atoms with Gasteiger partial charge in [0, 0.05) is 19.7 Å². The molecule has 1 rings (SSSR count). The molecule has 0 radical (unpaired) electrons. The van der Waals surface area contributed by atoms with Gasteiger partial charge in [0.1, 0.15) is 0 Å². The summed E-state index contributed by atoms with van der Waals surface area (Å²) in [6.07, 6.45) is 0.963. The summed E-state index contributed by atoms with van der Waals surface area (Å²) in [5, 5.41) is 0.205. The maximum atomic E-state index is 5.77. The van der Waals surface area contributed by atoms with Crippen molar-refractivity contribution in [3.63, 3.8) is 0 Å². The third kappa shape index (κ3) is 4.26. The number of nitrogens with zero attached hydrogens (tertiary/aromatic N) is 4. The lowest BCUT2D eigenvalue weighted by atomic mass is 10.2. The summed E-state index contributed by atoms with van der Waals surface area (Å²) in [4.78, 5) is 13.9. The van der Waals surface area contributed by atoms with Crippen molar-refractivity contribution in [1.82, 2.24) is 15.0 Å². The van der Waals surface area contributed by atoms with Crippen LogP contribution < -0.4 is 4.90 Å². The molecule has 0 saturated heterocycles. The molecule has 0 amide bonds. The van der Waals surface area contributed by atoms with E-state index in [4.69, 9.17) is 27.9 Å². The largest absolute Gasteiger partial charge is 0.383 e. The number of halogens is 2. The highest BCUT2D eigenvalue weighted by Crippen LogP contribution is 2.17. The highest BCUT2D eigenvalue weighted by atomic mass is 35.5. The second kappa shape index (κ2) is 6.93. The van der Waals surface area contributed by atoms with Crippen molar-refractivity contribution in [3.8, 4) is 0 Å². The Morgan fingerprint density at radius 3 is 2.29 bits per heavy atom. The minimum Gasteiger partial charge on any atom is -0.383 e. The van der Waals surface area contributed by atoms with Crippen molar-refractivity contribution in [1.29, 1.82) is 0 Å². The van der Waals surface area contributed by atoms with E-state index >= 15 is 0 Å². The van der Waals surface area contributed by atoms with Gasteiger partial charge in [0.05, 0.1) is 6.61 Å². The summed E-state index contributed by atoms with van der Waals surface area (Å²) in [7, 11) is 1.65. The third-order valence-electron chi connectivity index (χ3n) is 2.49. The van der Waals surface area contributed by atoms with E-state index in [1.807, 2.05) is 4.90 Å². The second-order valence-electron chi connectivity index (χ2n) is 3.62. The molecule has 0 aromatic carbocycles. The highest BCUT2D eigenvalue weighted by molar-refractivity contribution is 6.31. The monoisotopic (exact) mass is 278 g/mol. The Hall–Kier alpha value is -0.650. The van der Waals surface area contributed by atoms with Crippen LogP contribution in [-0.2, 0) is 4.74 Å². The Bertz CT molecular complexity index is 344. The molecule has 1 heterocycles. The number of ether oxygens (including phenoxy) is 1. The maximum absolute atomic E-state index is 5.77. The quantitative estimate of drug-likeness (QED) is 0.800. The molecule has 0 N–H and O–H groups in total. The first kappa shape index (κ1) is 14.4. The molecule has 1 aromatic heterocycles. The van der Waals surface area contributed by atoms with Crippen LogP contribution in [-0.4, -0.2) is 41.3 Å². The lowest BCUT2D eigenvalue weighted by Gasteiger charge is -2.28. The van der Waals surface area contributed by atoms with Gasteiger partial charge in [-0.25, -0.2) is 0 Å². The van der Waals surface area contributed by atoms with E-state index in [9.17, 15) is 0 Å². The fourth-order valence-corrected chi connectivity index (χ4v) is 1.73. The summed E-state index contributed by atoms with van der Waals surface area (Å²) in [6.45, 7) is 5.45. The topological polar surface area (TPSA) is 51.1 Å². The molecule has 7 heteroatoms. The Morgan fingerprint density at radius 1 is 1.24 bits per heavy atom. The van der Waals surface area contributed by atoms with E-state index in [1.54, 1.807) is 7.11 Å². The fourth-order valence-electron chi connectivity index (χ4n) is 1.37. The molecule has 1 unspecified atom stereocenters. The van der Waals surface area contributed by atoms with Crippen molar-refractivity contribution in [2.24, 2.45) is 0 Å². The Morgan fingerprint density at radius 2 is 1.82 bits per heavy atom. The van der Waals surface area contributed by atoms with Gasteiger partial charge < -0.3 is 9.64 Å². The number of aromatic nitrogens is 3. The number of anilines is 1. The van der Waals surface area contributed by atoms with Crippen molar-refractivity contribution in [2.75, 3.05) is 25.2 Å². The molecule has 0 aliphatic rings. The van der Waals surface area contributed by atoms with E-state index in [2.05, 4.69) is 28.8 Å². The van der Waals surface area contributed by atoms with Gasteiger partial charge in [0.2, 0.25) is 16.5 Å². The number of rotatable bonds is 6. The van der Waals surface area contributed by atoms with Gasteiger partial charge in [-0.15, -0.1) is 0 Å². The van der Waals surface area contributed by atoms with Crippen molar-refractivity contribution < 1.29 is 4.74 Å². The van der Waals surface area contributed by atoms with Crippen LogP contribution in [0.4, 0.5) is 5.95 Å². The average molecular weight is 279 g/mol. The molecule has 1 atom stereocenters. The molecular weight excluding hydrogens is 263 g/mol. The zero-order chi connectivity index (χ0) is 12.8. The van der Waals surface area contributed by atoms with Gasteiger partial charge >= 0.3 is 0 Å². The predicted molar refractivity (Wildman–Crippen MR) is 68.8 cm³/mol.